The highest BCUT2D eigenvalue weighted by Gasteiger charge is 2.05. The number of guanidine groups is 1. The highest BCUT2D eigenvalue weighted by atomic mass is 127. The first kappa shape index (κ1) is 19.2. The Morgan fingerprint density at radius 2 is 2.09 bits per heavy atom. The van der Waals surface area contributed by atoms with Gasteiger partial charge in [-0.3, -0.25) is 4.99 Å². The summed E-state index contributed by atoms with van der Waals surface area (Å²) in [4.78, 5) is 8.29. The summed E-state index contributed by atoms with van der Waals surface area (Å²) in [6.07, 6.45) is 0.839. The fourth-order valence-corrected chi connectivity index (χ4v) is 2.02. The third kappa shape index (κ3) is 6.05. The Balaban J connectivity index is 0.00000264. The third-order valence-corrected chi connectivity index (χ3v) is 3.09. The van der Waals surface area contributed by atoms with Gasteiger partial charge in [-0.2, -0.15) is 4.98 Å². The van der Waals surface area contributed by atoms with Gasteiger partial charge in [-0.1, -0.05) is 23.4 Å². The standard InChI is InChI=1S/C15H21N5O2.HI/c1-11-19-14(20-22-11)10-18-15(16-2)17-9-8-12-6-4-5-7-13(12)21-3;/h4-7H,8-10H2,1-3H3,(H2,16,17,18);1H. The number of aryl methyl sites for hydroxylation is 1. The zero-order valence-electron chi connectivity index (χ0n) is 13.5. The number of benzene rings is 1. The van der Waals surface area contributed by atoms with Gasteiger partial charge in [-0.15, -0.1) is 24.0 Å². The number of methoxy groups -OCH3 is 1. The van der Waals surface area contributed by atoms with E-state index in [0.717, 1.165) is 24.3 Å². The van der Waals surface area contributed by atoms with E-state index >= 15 is 0 Å². The second-order valence-corrected chi connectivity index (χ2v) is 4.64. The molecule has 8 heteroatoms. The number of halogens is 1. The molecule has 0 aliphatic rings. The number of hydrogen-bond acceptors (Lipinski definition) is 5. The van der Waals surface area contributed by atoms with E-state index in [0.29, 0.717) is 24.2 Å². The first-order chi connectivity index (χ1) is 10.7. The maximum Gasteiger partial charge on any atom is 0.223 e. The minimum atomic E-state index is 0. The van der Waals surface area contributed by atoms with Gasteiger partial charge in [-0.25, -0.2) is 0 Å². The normalized spacial score (nSPS) is 10.8. The molecule has 0 radical (unpaired) electrons. The van der Waals surface area contributed by atoms with E-state index in [1.165, 1.54) is 0 Å². The first-order valence-electron chi connectivity index (χ1n) is 7.08. The van der Waals surface area contributed by atoms with Gasteiger partial charge >= 0.3 is 0 Å². The highest BCUT2D eigenvalue weighted by molar-refractivity contribution is 14.0. The Bertz CT molecular complexity index is 630. The Labute approximate surface area is 152 Å². The van der Waals surface area contributed by atoms with E-state index in [4.69, 9.17) is 9.26 Å². The van der Waals surface area contributed by atoms with Crippen LogP contribution in [0.5, 0.6) is 5.75 Å². The molecule has 0 fully saturated rings. The summed E-state index contributed by atoms with van der Waals surface area (Å²) in [6, 6.07) is 7.98. The molecule has 0 amide bonds. The lowest BCUT2D eigenvalue weighted by Gasteiger charge is -2.12. The summed E-state index contributed by atoms with van der Waals surface area (Å²) in [5, 5.41) is 10.2. The quantitative estimate of drug-likeness (QED) is 0.413. The number of nitrogens with zero attached hydrogens (tertiary/aromatic N) is 3. The second kappa shape index (κ2) is 10.0. The van der Waals surface area contributed by atoms with E-state index < -0.39 is 0 Å². The van der Waals surface area contributed by atoms with Crippen LogP contribution < -0.4 is 15.4 Å². The number of aliphatic imine (C=N–C) groups is 1. The van der Waals surface area contributed by atoms with E-state index in [-0.39, 0.29) is 24.0 Å². The maximum absolute atomic E-state index is 5.34. The number of ether oxygens (including phenoxy) is 1. The monoisotopic (exact) mass is 431 g/mol. The van der Waals surface area contributed by atoms with E-state index in [2.05, 4.69) is 31.8 Å². The van der Waals surface area contributed by atoms with Gasteiger partial charge in [0.05, 0.1) is 13.7 Å². The van der Waals surface area contributed by atoms with E-state index in [1.54, 1.807) is 21.1 Å². The van der Waals surface area contributed by atoms with Crippen molar-refractivity contribution in [2.45, 2.75) is 19.9 Å². The van der Waals surface area contributed by atoms with Crippen LogP contribution in [0.25, 0.3) is 0 Å². The molecule has 1 aromatic heterocycles. The molecule has 0 unspecified atom stereocenters. The first-order valence-corrected chi connectivity index (χ1v) is 7.08. The summed E-state index contributed by atoms with van der Waals surface area (Å²) < 4.78 is 10.3. The molecule has 0 bridgehead atoms. The molecular weight excluding hydrogens is 409 g/mol. The van der Waals surface area contributed by atoms with Crippen LogP contribution in [0.15, 0.2) is 33.8 Å². The Morgan fingerprint density at radius 3 is 2.74 bits per heavy atom. The topological polar surface area (TPSA) is 84.6 Å². The van der Waals surface area contributed by atoms with Crippen LogP contribution in [0.3, 0.4) is 0 Å². The molecule has 1 aromatic carbocycles. The zero-order valence-corrected chi connectivity index (χ0v) is 15.8. The molecule has 2 aromatic rings. The van der Waals surface area contributed by atoms with Gasteiger partial charge in [0.15, 0.2) is 11.8 Å². The summed E-state index contributed by atoms with van der Waals surface area (Å²) in [6.45, 7) is 2.97. The van der Waals surface area contributed by atoms with Crippen LogP contribution in [-0.2, 0) is 13.0 Å². The number of hydrogen-bond donors (Lipinski definition) is 2. The molecular formula is C15H22IN5O2. The predicted molar refractivity (Wildman–Crippen MR) is 99.3 cm³/mol. The van der Waals surface area contributed by atoms with Crippen molar-refractivity contribution in [1.82, 2.24) is 20.8 Å². The van der Waals surface area contributed by atoms with Crippen molar-refractivity contribution in [3.63, 3.8) is 0 Å². The van der Waals surface area contributed by atoms with Gasteiger partial charge in [0, 0.05) is 20.5 Å². The Kier molecular flexibility index (Phi) is 8.38. The van der Waals surface area contributed by atoms with Gasteiger partial charge in [0.25, 0.3) is 0 Å². The van der Waals surface area contributed by atoms with Crippen molar-refractivity contribution >= 4 is 29.9 Å². The fraction of sp³-hybridized carbons (Fsp3) is 0.400. The van der Waals surface area contributed by atoms with Crippen LogP contribution in [0.4, 0.5) is 0 Å². The number of nitrogens with one attached hydrogen (secondary N) is 2. The molecule has 0 spiro atoms. The van der Waals surface area contributed by atoms with Crippen molar-refractivity contribution in [1.29, 1.82) is 0 Å². The molecule has 126 valence electrons. The summed E-state index contributed by atoms with van der Waals surface area (Å²) >= 11 is 0. The minimum Gasteiger partial charge on any atom is -0.496 e. The molecule has 23 heavy (non-hydrogen) atoms. The summed E-state index contributed by atoms with van der Waals surface area (Å²) in [5.74, 6) is 2.74. The smallest absolute Gasteiger partial charge is 0.223 e. The van der Waals surface area contributed by atoms with Crippen LogP contribution >= 0.6 is 24.0 Å². The molecule has 2 N–H and O–H groups in total. The predicted octanol–water partition coefficient (Wildman–Crippen LogP) is 1.91. The molecule has 0 atom stereocenters. The van der Waals surface area contributed by atoms with Crippen molar-refractivity contribution in [3.05, 3.63) is 41.5 Å². The average molecular weight is 431 g/mol. The lowest BCUT2D eigenvalue weighted by molar-refractivity contribution is 0.387. The molecule has 0 saturated carbocycles. The summed E-state index contributed by atoms with van der Waals surface area (Å²) in [5.41, 5.74) is 1.15. The molecule has 0 aliphatic carbocycles. The van der Waals surface area contributed by atoms with Crippen LogP contribution in [0, 0.1) is 6.92 Å². The Hall–Kier alpha value is -1.84. The van der Waals surface area contributed by atoms with Gasteiger partial charge in [-0.05, 0) is 18.1 Å². The van der Waals surface area contributed by atoms with E-state index in [9.17, 15) is 0 Å². The van der Waals surface area contributed by atoms with Gasteiger partial charge < -0.3 is 19.9 Å². The molecule has 7 nitrogen and oxygen atoms in total. The molecule has 1 heterocycles. The molecule has 0 aliphatic heterocycles. The number of rotatable bonds is 6. The molecule has 2 rings (SSSR count). The number of para-hydroxylation sites is 1. The van der Waals surface area contributed by atoms with Crippen LogP contribution in [-0.4, -0.2) is 36.8 Å². The van der Waals surface area contributed by atoms with Crippen molar-refractivity contribution < 1.29 is 9.26 Å². The zero-order chi connectivity index (χ0) is 15.8. The number of aromatic nitrogens is 2. The van der Waals surface area contributed by atoms with Crippen molar-refractivity contribution in [2.24, 2.45) is 4.99 Å². The summed E-state index contributed by atoms with van der Waals surface area (Å²) in [7, 11) is 3.40. The highest BCUT2D eigenvalue weighted by Crippen LogP contribution is 2.17. The average Bonchev–Trinajstić information content (AvgIpc) is 2.96. The lowest BCUT2D eigenvalue weighted by Crippen LogP contribution is -2.38. The third-order valence-electron chi connectivity index (χ3n) is 3.09. The Morgan fingerprint density at radius 1 is 1.30 bits per heavy atom. The van der Waals surface area contributed by atoms with Gasteiger partial charge in [0.1, 0.15) is 5.75 Å². The maximum atomic E-state index is 5.34. The van der Waals surface area contributed by atoms with Crippen LogP contribution in [0.2, 0.25) is 0 Å². The second-order valence-electron chi connectivity index (χ2n) is 4.64. The largest absolute Gasteiger partial charge is 0.496 e. The van der Waals surface area contributed by atoms with E-state index in [1.807, 2.05) is 18.2 Å². The van der Waals surface area contributed by atoms with Crippen molar-refractivity contribution in [3.8, 4) is 5.75 Å². The van der Waals surface area contributed by atoms with Crippen molar-refractivity contribution in [2.75, 3.05) is 20.7 Å². The van der Waals surface area contributed by atoms with Gasteiger partial charge in [0.2, 0.25) is 5.89 Å². The lowest BCUT2D eigenvalue weighted by atomic mass is 10.1. The SMILES string of the molecule is CN=C(NCCc1ccccc1OC)NCc1noc(C)n1.I. The fourth-order valence-electron chi connectivity index (χ4n) is 2.02. The minimum absolute atomic E-state index is 0. The van der Waals surface area contributed by atoms with Crippen LogP contribution in [0.1, 0.15) is 17.3 Å². The molecule has 0 saturated heterocycles.